The SMILES string of the molecule is C/C(=C/c1ccccc1)CN[C@H]1CCCN(Cc2noc(C)n2)C1. The van der Waals surface area contributed by atoms with Crippen LogP contribution in [0.3, 0.4) is 0 Å². The highest BCUT2D eigenvalue weighted by molar-refractivity contribution is 5.52. The number of aryl methyl sites for hydroxylation is 1. The minimum atomic E-state index is 0.519. The first-order chi connectivity index (χ1) is 11.7. The molecule has 3 rings (SSSR count). The average molecular weight is 326 g/mol. The van der Waals surface area contributed by atoms with E-state index in [1.165, 1.54) is 24.0 Å². The van der Waals surface area contributed by atoms with Gasteiger partial charge in [-0.3, -0.25) is 4.90 Å². The van der Waals surface area contributed by atoms with E-state index >= 15 is 0 Å². The lowest BCUT2D eigenvalue weighted by Crippen LogP contribution is -2.45. The lowest BCUT2D eigenvalue weighted by Gasteiger charge is -2.32. The Kier molecular flexibility index (Phi) is 5.77. The van der Waals surface area contributed by atoms with Crippen LogP contribution in [-0.4, -0.2) is 40.7 Å². The summed E-state index contributed by atoms with van der Waals surface area (Å²) >= 11 is 0. The molecule has 0 bridgehead atoms. The Hall–Kier alpha value is -1.98. The van der Waals surface area contributed by atoms with Gasteiger partial charge in [-0.15, -0.1) is 0 Å². The first kappa shape index (κ1) is 16.9. The lowest BCUT2D eigenvalue weighted by molar-refractivity contribution is 0.179. The molecule has 1 aromatic heterocycles. The Labute approximate surface area is 143 Å². The Morgan fingerprint density at radius 3 is 2.96 bits per heavy atom. The molecule has 1 aliphatic rings. The van der Waals surface area contributed by atoms with Gasteiger partial charge >= 0.3 is 0 Å². The van der Waals surface area contributed by atoms with Crippen molar-refractivity contribution in [3.63, 3.8) is 0 Å². The van der Waals surface area contributed by atoms with Gasteiger partial charge in [0.1, 0.15) is 0 Å². The van der Waals surface area contributed by atoms with Crippen molar-refractivity contribution in [2.75, 3.05) is 19.6 Å². The van der Waals surface area contributed by atoms with Crippen LogP contribution in [0.15, 0.2) is 40.4 Å². The van der Waals surface area contributed by atoms with E-state index in [0.29, 0.717) is 11.9 Å². The Bertz CT molecular complexity index is 665. The van der Waals surface area contributed by atoms with Crippen molar-refractivity contribution < 1.29 is 4.52 Å². The Morgan fingerprint density at radius 2 is 2.21 bits per heavy atom. The molecule has 0 saturated carbocycles. The fraction of sp³-hybridized carbons (Fsp3) is 0.474. The largest absolute Gasteiger partial charge is 0.340 e. The molecule has 0 amide bonds. The van der Waals surface area contributed by atoms with Gasteiger partial charge in [0.05, 0.1) is 6.54 Å². The minimum Gasteiger partial charge on any atom is -0.340 e. The molecular formula is C19H26N4O. The normalized spacial score (nSPS) is 19.6. The van der Waals surface area contributed by atoms with E-state index in [4.69, 9.17) is 4.52 Å². The molecule has 5 heteroatoms. The highest BCUT2D eigenvalue weighted by Gasteiger charge is 2.20. The number of likely N-dealkylation sites (tertiary alicyclic amines) is 1. The number of hydrogen-bond acceptors (Lipinski definition) is 5. The van der Waals surface area contributed by atoms with Crippen LogP contribution in [0.2, 0.25) is 0 Å². The van der Waals surface area contributed by atoms with Crippen molar-refractivity contribution in [1.82, 2.24) is 20.4 Å². The molecule has 1 N–H and O–H groups in total. The second kappa shape index (κ2) is 8.22. The summed E-state index contributed by atoms with van der Waals surface area (Å²) in [7, 11) is 0. The summed E-state index contributed by atoms with van der Waals surface area (Å²) in [6.07, 6.45) is 4.67. The number of hydrogen-bond donors (Lipinski definition) is 1. The van der Waals surface area contributed by atoms with Crippen LogP contribution in [0.5, 0.6) is 0 Å². The molecule has 2 heterocycles. The van der Waals surface area contributed by atoms with Crippen molar-refractivity contribution >= 4 is 6.08 Å². The van der Waals surface area contributed by atoms with Crippen LogP contribution in [0.4, 0.5) is 0 Å². The summed E-state index contributed by atoms with van der Waals surface area (Å²) in [5.74, 6) is 1.42. The molecule has 24 heavy (non-hydrogen) atoms. The molecule has 0 unspecified atom stereocenters. The molecule has 0 aliphatic carbocycles. The van der Waals surface area contributed by atoms with Crippen LogP contribution in [-0.2, 0) is 6.54 Å². The van der Waals surface area contributed by atoms with Gasteiger partial charge in [-0.2, -0.15) is 4.98 Å². The number of rotatable bonds is 6. The zero-order chi connectivity index (χ0) is 16.8. The fourth-order valence-corrected chi connectivity index (χ4v) is 3.16. The quantitative estimate of drug-likeness (QED) is 0.884. The Balaban J connectivity index is 1.47. The summed E-state index contributed by atoms with van der Waals surface area (Å²) in [5.41, 5.74) is 2.61. The smallest absolute Gasteiger partial charge is 0.223 e. The summed E-state index contributed by atoms with van der Waals surface area (Å²) < 4.78 is 5.06. The molecule has 0 spiro atoms. The van der Waals surface area contributed by atoms with Crippen LogP contribution in [0.1, 0.15) is 37.0 Å². The maximum Gasteiger partial charge on any atom is 0.223 e. The number of benzene rings is 1. The van der Waals surface area contributed by atoms with Gasteiger partial charge in [-0.1, -0.05) is 47.1 Å². The van der Waals surface area contributed by atoms with E-state index in [2.05, 4.69) is 57.6 Å². The molecule has 2 aromatic rings. The van der Waals surface area contributed by atoms with Gasteiger partial charge in [-0.25, -0.2) is 0 Å². The van der Waals surface area contributed by atoms with Crippen molar-refractivity contribution in [2.45, 2.75) is 39.3 Å². The number of aromatic nitrogens is 2. The van der Waals surface area contributed by atoms with Gasteiger partial charge in [0.25, 0.3) is 0 Å². The highest BCUT2D eigenvalue weighted by Crippen LogP contribution is 2.13. The molecule has 128 valence electrons. The van der Waals surface area contributed by atoms with Gasteiger partial charge < -0.3 is 9.84 Å². The second-order valence-electron chi connectivity index (χ2n) is 6.59. The van der Waals surface area contributed by atoms with E-state index in [0.717, 1.165) is 32.0 Å². The van der Waals surface area contributed by atoms with E-state index in [1.807, 2.05) is 13.0 Å². The molecule has 1 atom stereocenters. The molecule has 0 radical (unpaired) electrons. The van der Waals surface area contributed by atoms with Crippen molar-refractivity contribution in [3.8, 4) is 0 Å². The predicted octanol–water partition coefficient (Wildman–Crippen LogP) is 3.04. The first-order valence-corrected chi connectivity index (χ1v) is 8.66. The third-order valence-corrected chi connectivity index (χ3v) is 4.32. The Morgan fingerprint density at radius 1 is 1.38 bits per heavy atom. The zero-order valence-corrected chi connectivity index (χ0v) is 14.5. The topological polar surface area (TPSA) is 54.2 Å². The highest BCUT2D eigenvalue weighted by atomic mass is 16.5. The van der Waals surface area contributed by atoms with Crippen LogP contribution in [0, 0.1) is 6.92 Å². The molecular weight excluding hydrogens is 300 g/mol. The maximum atomic E-state index is 5.06. The van der Waals surface area contributed by atoms with E-state index in [-0.39, 0.29) is 0 Å². The predicted molar refractivity (Wildman–Crippen MR) is 95.4 cm³/mol. The number of nitrogens with zero attached hydrogens (tertiary/aromatic N) is 3. The van der Waals surface area contributed by atoms with Crippen LogP contribution >= 0.6 is 0 Å². The standard InChI is InChI=1S/C19H26N4O/c1-15(11-17-7-4-3-5-8-17)12-20-18-9-6-10-23(13-18)14-19-21-16(2)24-22-19/h3-5,7-8,11,18,20H,6,9-10,12-14H2,1-2H3/b15-11-/t18-/m0/s1. The van der Waals surface area contributed by atoms with Crippen LogP contribution in [0.25, 0.3) is 6.08 Å². The minimum absolute atomic E-state index is 0.519. The molecule has 1 saturated heterocycles. The van der Waals surface area contributed by atoms with E-state index in [9.17, 15) is 0 Å². The summed E-state index contributed by atoms with van der Waals surface area (Å²) in [6, 6.07) is 11.0. The first-order valence-electron chi connectivity index (χ1n) is 8.66. The van der Waals surface area contributed by atoms with Gasteiger partial charge in [-0.05, 0) is 31.9 Å². The molecule has 1 aromatic carbocycles. The monoisotopic (exact) mass is 326 g/mol. The van der Waals surface area contributed by atoms with Gasteiger partial charge in [0.2, 0.25) is 5.89 Å². The average Bonchev–Trinajstić information content (AvgIpc) is 2.99. The number of piperidine rings is 1. The third kappa shape index (κ3) is 5.01. The van der Waals surface area contributed by atoms with E-state index in [1.54, 1.807) is 0 Å². The van der Waals surface area contributed by atoms with Crippen molar-refractivity contribution in [3.05, 3.63) is 53.2 Å². The molecule has 1 fully saturated rings. The number of nitrogens with one attached hydrogen (secondary N) is 1. The molecule has 1 aliphatic heterocycles. The van der Waals surface area contributed by atoms with Gasteiger partial charge in [0.15, 0.2) is 5.82 Å². The maximum absolute atomic E-state index is 5.06. The summed E-state index contributed by atoms with van der Waals surface area (Å²) in [5, 5.41) is 7.69. The summed E-state index contributed by atoms with van der Waals surface area (Å²) in [4.78, 5) is 6.71. The van der Waals surface area contributed by atoms with Crippen molar-refractivity contribution in [2.24, 2.45) is 0 Å². The van der Waals surface area contributed by atoms with Crippen molar-refractivity contribution in [1.29, 1.82) is 0 Å². The zero-order valence-electron chi connectivity index (χ0n) is 14.5. The second-order valence-corrected chi connectivity index (χ2v) is 6.59. The third-order valence-electron chi connectivity index (χ3n) is 4.32. The fourth-order valence-electron chi connectivity index (χ4n) is 3.16. The summed E-state index contributed by atoms with van der Waals surface area (Å²) in [6.45, 7) is 7.85. The van der Waals surface area contributed by atoms with E-state index < -0.39 is 0 Å². The van der Waals surface area contributed by atoms with Gasteiger partial charge in [0, 0.05) is 26.1 Å². The molecule has 5 nitrogen and oxygen atoms in total. The lowest BCUT2D eigenvalue weighted by atomic mass is 10.0. The van der Waals surface area contributed by atoms with Crippen LogP contribution < -0.4 is 5.32 Å².